The first-order valence-corrected chi connectivity index (χ1v) is 11.2. The first-order chi connectivity index (χ1) is 16.4. The SMILES string of the molecule is Cc1c(Nc2cc(N3CCC[C@@H](C)C3)c3nonc3c2[N+](=O)[O-])c(=O)n(-c2ccccc2)n1C. The highest BCUT2D eigenvalue weighted by Crippen LogP contribution is 2.40. The maximum atomic E-state index is 13.4. The van der Waals surface area contributed by atoms with Gasteiger partial charge in [-0.05, 0) is 54.2 Å². The first kappa shape index (κ1) is 21.7. The third kappa shape index (κ3) is 3.49. The second-order valence-electron chi connectivity index (χ2n) is 8.77. The molecule has 0 unspecified atom stereocenters. The molecule has 1 atom stereocenters. The predicted octanol–water partition coefficient (Wildman–Crippen LogP) is 3.91. The highest BCUT2D eigenvalue weighted by Gasteiger charge is 2.30. The molecule has 5 rings (SSSR count). The molecule has 0 spiro atoms. The number of nitro groups is 1. The molecule has 11 heteroatoms. The van der Waals surface area contributed by atoms with Crippen molar-refractivity contribution in [1.82, 2.24) is 19.7 Å². The molecule has 11 nitrogen and oxygen atoms in total. The van der Waals surface area contributed by atoms with Crippen LogP contribution in [0.5, 0.6) is 0 Å². The van der Waals surface area contributed by atoms with E-state index in [2.05, 4.69) is 27.5 Å². The summed E-state index contributed by atoms with van der Waals surface area (Å²) in [5.41, 5.74) is 2.27. The third-order valence-corrected chi connectivity index (χ3v) is 6.49. The molecule has 176 valence electrons. The average molecular weight is 463 g/mol. The van der Waals surface area contributed by atoms with Gasteiger partial charge in [-0.3, -0.25) is 19.6 Å². The van der Waals surface area contributed by atoms with E-state index in [4.69, 9.17) is 4.63 Å². The summed E-state index contributed by atoms with van der Waals surface area (Å²) in [6, 6.07) is 10.9. The van der Waals surface area contributed by atoms with Gasteiger partial charge in [-0.25, -0.2) is 9.31 Å². The van der Waals surface area contributed by atoms with Crippen molar-refractivity contribution in [1.29, 1.82) is 0 Å². The lowest BCUT2D eigenvalue weighted by molar-refractivity contribution is -0.382. The number of hydrogen-bond acceptors (Lipinski definition) is 8. The maximum Gasteiger partial charge on any atom is 0.324 e. The number of piperidine rings is 1. The number of nitrogens with one attached hydrogen (secondary N) is 1. The number of para-hydroxylation sites is 1. The number of nitrogens with zero attached hydrogens (tertiary/aromatic N) is 6. The maximum absolute atomic E-state index is 13.4. The lowest BCUT2D eigenvalue weighted by atomic mass is 9.99. The highest BCUT2D eigenvalue weighted by molar-refractivity contribution is 6.00. The monoisotopic (exact) mass is 463 g/mol. The van der Waals surface area contributed by atoms with Gasteiger partial charge in [0.1, 0.15) is 11.4 Å². The molecule has 1 aliphatic heterocycles. The summed E-state index contributed by atoms with van der Waals surface area (Å²) in [7, 11) is 1.77. The quantitative estimate of drug-likeness (QED) is 0.349. The fraction of sp³-hybridized carbons (Fsp3) is 0.348. The van der Waals surface area contributed by atoms with Crippen LogP contribution in [0.15, 0.2) is 45.8 Å². The predicted molar refractivity (Wildman–Crippen MR) is 128 cm³/mol. The largest absolute Gasteiger partial charge is 0.369 e. The van der Waals surface area contributed by atoms with E-state index in [0.29, 0.717) is 28.5 Å². The molecule has 0 saturated carbocycles. The van der Waals surface area contributed by atoms with Gasteiger partial charge in [-0.1, -0.05) is 25.1 Å². The molecular formula is C23H25N7O4. The van der Waals surface area contributed by atoms with Crippen LogP contribution in [0.1, 0.15) is 25.5 Å². The highest BCUT2D eigenvalue weighted by atomic mass is 16.6. The topological polar surface area (TPSA) is 124 Å². The molecule has 2 aromatic heterocycles. The van der Waals surface area contributed by atoms with Gasteiger partial charge in [0.15, 0.2) is 5.52 Å². The number of fused-ring (bicyclic) bond motifs is 1. The van der Waals surface area contributed by atoms with E-state index < -0.39 is 4.92 Å². The Bertz CT molecular complexity index is 1440. The molecule has 1 N–H and O–H groups in total. The van der Waals surface area contributed by atoms with Crippen molar-refractivity contribution in [2.24, 2.45) is 13.0 Å². The molecule has 0 radical (unpaired) electrons. The van der Waals surface area contributed by atoms with E-state index in [1.54, 1.807) is 24.7 Å². The van der Waals surface area contributed by atoms with Crippen molar-refractivity contribution < 1.29 is 9.55 Å². The van der Waals surface area contributed by atoms with Gasteiger partial charge in [0.05, 0.1) is 22.0 Å². The third-order valence-electron chi connectivity index (χ3n) is 6.49. The Hall–Kier alpha value is -4.15. The Morgan fingerprint density at radius 3 is 2.65 bits per heavy atom. The van der Waals surface area contributed by atoms with Crippen molar-refractivity contribution in [3.8, 4) is 5.69 Å². The Balaban J connectivity index is 1.67. The normalized spacial score (nSPS) is 16.2. The van der Waals surface area contributed by atoms with Gasteiger partial charge in [0, 0.05) is 20.1 Å². The zero-order valence-electron chi connectivity index (χ0n) is 19.2. The van der Waals surface area contributed by atoms with Crippen LogP contribution >= 0.6 is 0 Å². The van der Waals surface area contributed by atoms with Gasteiger partial charge in [-0.2, -0.15) is 0 Å². The molecule has 34 heavy (non-hydrogen) atoms. The molecule has 1 aliphatic rings. The van der Waals surface area contributed by atoms with E-state index in [1.807, 2.05) is 30.3 Å². The Kier molecular flexibility index (Phi) is 5.31. The molecule has 1 saturated heterocycles. The number of aromatic nitrogens is 4. The number of anilines is 3. The van der Waals surface area contributed by atoms with Gasteiger partial charge in [0.25, 0.3) is 5.56 Å². The van der Waals surface area contributed by atoms with E-state index in [1.165, 1.54) is 4.68 Å². The summed E-state index contributed by atoms with van der Waals surface area (Å²) in [5, 5.41) is 23.0. The van der Waals surface area contributed by atoms with Crippen LogP contribution in [0.25, 0.3) is 16.7 Å². The zero-order valence-corrected chi connectivity index (χ0v) is 19.2. The van der Waals surface area contributed by atoms with Crippen LogP contribution < -0.4 is 15.8 Å². The van der Waals surface area contributed by atoms with Gasteiger partial charge >= 0.3 is 5.69 Å². The number of benzene rings is 2. The van der Waals surface area contributed by atoms with Crippen molar-refractivity contribution in [2.75, 3.05) is 23.3 Å². The van der Waals surface area contributed by atoms with Crippen LogP contribution in [0.2, 0.25) is 0 Å². The summed E-state index contributed by atoms with van der Waals surface area (Å²) in [4.78, 5) is 27.1. The van der Waals surface area contributed by atoms with Crippen molar-refractivity contribution >= 4 is 33.8 Å². The van der Waals surface area contributed by atoms with E-state index in [9.17, 15) is 14.9 Å². The Morgan fingerprint density at radius 1 is 1.21 bits per heavy atom. The van der Waals surface area contributed by atoms with E-state index in [0.717, 1.165) is 25.9 Å². The first-order valence-electron chi connectivity index (χ1n) is 11.2. The van der Waals surface area contributed by atoms with Crippen LogP contribution in [0.3, 0.4) is 0 Å². The van der Waals surface area contributed by atoms with Crippen LogP contribution in [0, 0.1) is 23.0 Å². The smallest absolute Gasteiger partial charge is 0.324 e. The fourth-order valence-electron chi connectivity index (χ4n) is 4.69. The Morgan fingerprint density at radius 2 is 1.94 bits per heavy atom. The summed E-state index contributed by atoms with van der Waals surface area (Å²) >= 11 is 0. The minimum atomic E-state index is -0.522. The van der Waals surface area contributed by atoms with Gasteiger partial charge < -0.3 is 10.2 Å². The second kappa shape index (κ2) is 8.32. The van der Waals surface area contributed by atoms with Crippen molar-refractivity contribution in [3.63, 3.8) is 0 Å². The minimum Gasteiger partial charge on any atom is -0.369 e. The molecule has 0 bridgehead atoms. The average Bonchev–Trinajstić information content (AvgIpc) is 3.38. The van der Waals surface area contributed by atoms with E-state index >= 15 is 0 Å². The summed E-state index contributed by atoms with van der Waals surface area (Å²) < 4.78 is 8.16. The summed E-state index contributed by atoms with van der Waals surface area (Å²) in [6.07, 6.45) is 2.13. The van der Waals surface area contributed by atoms with Crippen molar-refractivity contribution in [2.45, 2.75) is 26.7 Å². The Labute approximate surface area is 194 Å². The lowest BCUT2D eigenvalue weighted by Gasteiger charge is -2.32. The van der Waals surface area contributed by atoms with Gasteiger partial charge in [0.2, 0.25) is 5.52 Å². The summed E-state index contributed by atoms with van der Waals surface area (Å²) in [6.45, 7) is 5.56. The molecule has 4 aromatic rings. The number of nitro benzene ring substituents is 1. The van der Waals surface area contributed by atoms with Crippen molar-refractivity contribution in [3.05, 3.63) is 62.6 Å². The van der Waals surface area contributed by atoms with Crippen LogP contribution in [-0.2, 0) is 7.05 Å². The van der Waals surface area contributed by atoms with Crippen LogP contribution in [0.4, 0.5) is 22.7 Å². The molecule has 3 heterocycles. The number of rotatable bonds is 5. The van der Waals surface area contributed by atoms with Crippen LogP contribution in [-0.4, -0.2) is 37.7 Å². The lowest BCUT2D eigenvalue weighted by Crippen LogP contribution is -2.34. The molecule has 0 aliphatic carbocycles. The standard InChI is InChI=1S/C23H25N7O4/c1-14-8-7-11-28(13-14)18-12-17(22(30(32)33)21-20(18)25-34-26-21)24-19-15(2)27(3)29(23(19)31)16-9-5-4-6-10-16/h4-6,9-10,12,14,24H,7-8,11,13H2,1-3H3/t14-/m1/s1. The van der Waals surface area contributed by atoms with Gasteiger partial charge in [-0.15, -0.1) is 0 Å². The zero-order chi connectivity index (χ0) is 24.0. The molecule has 2 aromatic carbocycles. The molecule has 1 fully saturated rings. The second-order valence-corrected chi connectivity index (χ2v) is 8.77. The van der Waals surface area contributed by atoms with E-state index in [-0.39, 0.29) is 28.1 Å². The number of hydrogen-bond donors (Lipinski definition) is 1. The molecular weight excluding hydrogens is 438 g/mol. The molecule has 0 amide bonds. The fourth-order valence-corrected chi connectivity index (χ4v) is 4.69. The summed E-state index contributed by atoms with van der Waals surface area (Å²) in [5.74, 6) is 0.477. The minimum absolute atomic E-state index is 0.0557.